The highest BCUT2D eigenvalue weighted by Crippen LogP contribution is 2.35. The molecule has 5 aromatic heterocycles. The molecule has 0 aliphatic heterocycles. The van der Waals surface area contributed by atoms with Gasteiger partial charge in [-0.05, 0) is 47.9 Å². The molecule has 0 N–H and O–H groups in total. The summed E-state index contributed by atoms with van der Waals surface area (Å²) >= 11 is 0. The Labute approximate surface area is 210 Å². The molecule has 0 fully saturated rings. The van der Waals surface area contributed by atoms with Crippen LogP contribution in [0.1, 0.15) is 0 Å². The highest BCUT2D eigenvalue weighted by molar-refractivity contribution is 6.12. The second-order valence-corrected chi connectivity index (χ2v) is 8.90. The lowest BCUT2D eigenvalue weighted by Gasteiger charge is -2.11. The second kappa shape index (κ2) is 7.60. The van der Waals surface area contributed by atoms with E-state index in [0.717, 1.165) is 55.1 Å². The summed E-state index contributed by atoms with van der Waals surface area (Å²) in [6.45, 7) is 0. The highest BCUT2D eigenvalue weighted by Gasteiger charge is 2.16. The number of rotatable bonds is 3. The first-order chi connectivity index (χ1) is 18.3. The molecule has 7 nitrogen and oxygen atoms in total. The Kier molecular flexibility index (Phi) is 4.10. The summed E-state index contributed by atoms with van der Waals surface area (Å²) in [7, 11) is 0. The van der Waals surface area contributed by atoms with E-state index in [1.54, 1.807) is 18.7 Å². The van der Waals surface area contributed by atoms with Crippen molar-refractivity contribution in [2.24, 2.45) is 0 Å². The van der Waals surface area contributed by atoms with E-state index < -0.39 is 0 Å². The molecule has 0 bridgehead atoms. The van der Waals surface area contributed by atoms with Crippen molar-refractivity contribution in [1.29, 1.82) is 0 Å². The van der Waals surface area contributed by atoms with Gasteiger partial charge < -0.3 is 4.74 Å². The number of ether oxygens (including phenoxy) is 1. The largest absolute Gasteiger partial charge is 0.456 e. The molecule has 5 heterocycles. The van der Waals surface area contributed by atoms with Gasteiger partial charge in [-0.15, -0.1) is 0 Å². The van der Waals surface area contributed by atoms with Crippen molar-refractivity contribution < 1.29 is 4.74 Å². The van der Waals surface area contributed by atoms with Crippen molar-refractivity contribution in [2.75, 3.05) is 0 Å². The van der Waals surface area contributed by atoms with E-state index in [0.29, 0.717) is 11.5 Å². The Bertz CT molecular complexity index is 2130. The van der Waals surface area contributed by atoms with Crippen LogP contribution < -0.4 is 4.74 Å². The molecule has 7 heteroatoms. The van der Waals surface area contributed by atoms with Crippen LogP contribution in [0.15, 0.2) is 110 Å². The van der Waals surface area contributed by atoms with Crippen molar-refractivity contribution in [3.63, 3.8) is 0 Å². The standard InChI is InChI=1S/C30H18N6O/c1-4-10-26-22(7-1)21-13-12-19(15-24(21)30-33-18-34-36(26)30)37-20-16-27-29(32-17-20)23-8-2-3-9-25(23)35(27)28-11-5-6-14-31-28/h1-18H. The maximum atomic E-state index is 6.37. The zero-order chi connectivity index (χ0) is 24.3. The number of pyridine rings is 3. The van der Waals surface area contributed by atoms with Crippen molar-refractivity contribution >= 4 is 49.3 Å². The normalized spacial score (nSPS) is 11.8. The molecular formula is C30H18N6O. The van der Waals surface area contributed by atoms with Gasteiger partial charge in [0.05, 0.1) is 28.3 Å². The molecule has 0 spiro atoms. The first-order valence-corrected chi connectivity index (χ1v) is 12.0. The first kappa shape index (κ1) is 19.9. The predicted octanol–water partition coefficient (Wildman–Crippen LogP) is 6.72. The molecule has 3 aromatic carbocycles. The average Bonchev–Trinajstić information content (AvgIpc) is 3.57. The van der Waals surface area contributed by atoms with Gasteiger partial charge in [0.25, 0.3) is 0 Å². The monoisotopic (exact) mass is 478 g/mol. The SMILES string of the molecule is c1ccc(-n2c3ccccc3c3ncc(Oc4ccc5c6ccccc6n6ncnc6c5c4)cc32)nc1. The van der Waals surface area contributed by atoms with Gasteiger partial charge in [-0.1, -0.05) is 42.5 Å². The molecular weight excluding hydrogens is 460 g/mol. The van der Waals surface area contributed by atoms with Gasteiger partial charge in [-0.25, -0.2) is 14.5 Å². The quantitative estimate of drug-likeness (QED) is 0.264. The summed E-state index contributed by atoms with van der Waals surface area (Å²) in [5.41, 5.74) is 4.71. The second-order valence-electron chi connectivity index (χ2n) is 8.90. The summed E-state index contributed by atoms with van der Waals surface area (Å²) in [4.78, 5) is 13.9. The van der Waals surface area contributed by atoms with E-state index in [1.807, 2.05) is 65.2 Å². The van der Waals surface area contributed by atoms with Crippen molar-refractivity contribution in [1.82, 2.24) is 29.1 Å². The number of benzene rings is 3. The van der Waals surface area contributed by atoms with E-state index in [9.17, 15) is 0 Å². The number of para-hydroxylation sites is 2. The lowest BCUT2D eigenvalue weighted by Crippen LogP contribution is -1.97. The van der Waals surface area contributed by atoms with Crippen molar-refractivity contribution in [3.8, 4) is 17.3 Å². The number of hydrogen-bond acceptors (Lipinski definition) is 5. The number of aromatic nitrogens is 6. The Morgan fingerprint density at radius 2 is 1.43 bits per heavy atom. The summed E-state index contributed by atoms with van der Waals surface area (Å²) < 4.78 is 10.4. The molecule has 0 atom stereocenters. The maximum Gasteiger partial charge on any atom is 0.163 e. The van der Waals surface area contributed by atoms with Gasteiger partial charge in [0.1, 0.15) is 23.6 Å². The molecule has 0 saturated carbocycles. The lowest BCUT2D eigenvalue weighted by molar-refractivity contribution is 0.482. The third kappa shape index (κ3) is 2.94. The van der Waals surface area contributed by atoms with Gasteiger partial charge >= 0.3 is 0 Å². The molecule has 0 aliphatic rings. The predicted molar refractivity (Wildman–Crippen MR) is 144 cm³/mol. The molecule has 0 unspecified atom stereocenters. The van der Waals surface area contributed by atoms with Crippen LogP contribution in [0.5, 0.6) is 11.5 Å². The molecule has 8 aromatic rings. The van der Waals surface area contributed by atoms with Gasteiger partial charge in [0.2, 0.25) is 0 Å². The molecule has 8 rings (SSSR count). The molecule has 0 radical (unpaired) electrons. The third-order valence-electron chi connectivity index (χ3n) is 6.80. The Morgan fingerprint density at radius 1 is 0.595 bits per heavy atom. The van der Waals surface area contributed by atoms with Crippen LogP contribution >= 0.6 is 0 Å². The summed E-state index contributed by atoms with van der Waals surface area (Å²) in [5.74, 6) is 2.18. The minimum Gasteiger partial charge on any atom is -0.456 e. The maximum absolute atomic E-state index is 6.37. The topological polar surface area (TPSA) is 70.1 Å². The molecule has 37 heavy (non-hydrogen) atoms. The van der Waals surface area contributed by atoms with E-state index in [-0.39, 0.29) is 0 Å². The van der Waals surface area contributed by atoms with Crippen LogP contribution in [0.25, 0.3) is 55.1 Å². The van der Waals surface area contributed by atoms with Crippen molar-refractivity contribution in [2.45, 2.75) is 0 Å². The van der Waals surface area contributed by atoms with Crippen LogP contribution in [0, 0.1) is 0 Å². The lowest BCUT2D eigenvalue weighted by atomic mass is 10.1. The van der Waals surface area contributed by atoms with Crippen LogP contribution in [-0.2, 0) is 0 Å². The Hall–Kier alpha value is -5.30. The molecule has 0 amide bonds. The smallest absolute Gasteiger partial charge is 0.163 e. The summed E-state index contributed by atoms with van der Waals surface area (Å²) in [6, 6.07) is 30.5. The van der Waals surface area contributed by atoms with Crippen molar-refractivity contribution in [3.05, 3.63) is 110 Å². The average molecular weight is 479 g/mol. The van der Waals surface area contributed by atoms with Gasteiger partial charge in [-0.2, -0.15) is 5.10 Å². The number of nitrogens with zero attached hydrogens (tertiary/aromatic N) is 6. The van der Waals surface area contributed by atoms with Crippen LogP contribution in [0.2, 0.25) is 0 Å². The molecule has 174 valence electrons. The van der Waals surface area contributed by atoms with Gasteiger partial charge in [0, 0.05) is 28.4 Å². The van der Waals surface area contributed by atoms with Crippen LogP contribution in [0.3, 0.4) is 0 Å². The van der Waals surface area contributed by atoms with Gasteiger partial charge in [0.15, 0.2) is 5.65 Å². The van der Waals surface area contributed by atoms with Crippen LogP contribution in [-0.4, -0.2) is 29.1 Å². The number of fused-ring (bicyclic) bond motifs is 9. The summed E-state index contributed by atoms with van der Waals surface area (Å²) in [5, 5.41) is 8.72. The zero-order valence-corrected chi connectivity index (χ0v) is 19.5. The Morgan fingerprint density at radius 3 is 2.32 bits per heavy atom. The van der Waals surface area contributed by atoms with Gasteiger partial charge in [-0.3, -0.25) is 9.55 Å². The molecule has 0 saturated heterocycles. The fraction of sp³-hybridized carbons (Fsp3) is 0. The minimum atomic E-state index is 0.644. The fourth-order valence-electron chi connectivity index (χ4n) is 5.23. The zero-order valence-electron chi connectivity index (χ0n) is 19.5. The first-order valence-electron chi connectivity index (χ1n) is 12.0. The van der Waals surface area contributed by atoms with Crippen LogP contribution in [0.4, 0.5) is 0 Å². The Balaban J connectivity index is 1.30. The fourth-order valence-corrected chi connectivity index (χ4v) is 5.23. The summed E-state index contributed by atoms with van der Waals surface area (Å²) in [6.07, 6.45) is 5.16. The van der Waals surface area contributed by atoms with E-state index in [2.05, 4.69) is 50.0 Å². The molecule has 0 aliphatic carbocycles. The highest BCUT2D eigenvalue weighted by atomic mass is 16.5. The minimum absolute atomic E-state index is 0.644. The van der Waals surface area contributed by atoms with E-state index in [1.165, 1.54) is 0 Å². The number of hydrogen-bond donors (Lipinski definition) is 0. The van der Waals surface area contributed by atoms with E-state index >= 15 is 0 Å². The van der Waals surface area contributed by atoms with E-state index in [4.69, 9.17) is 9.72 Å². The third-order valence-corrected chi connectivity index (χ3v) is 6.80.